The second-order valence-electron chi connectivity index (χ2n) is 8.18. The smallest absolute Gasteiger partial charge is 0.224 e. The number of amides is 3. The molecule has 0 radical (unpaired) electrons. The van der Waals surface area contributed by atoms with Crippen molar-refractivity contribution in [3.05, 3.63) is 29.8 Å². The Morgan fingerprint density at radius 1 is 1.14 bits per heavy atom. The van der Waals surface area contributed by atoms with Crippen molar-refractivity contribution < 1.29 is 19.1 Å². The molecule has 7 nitrogen and oxygen atoms in total. The third-order valence-electron chi connectivity index (χ3n) is 5.60. The molecule has 1 saturated heterocycles. The van der Waals surface area contributed by atoms with E-state index in [-0.39, 0.29) is 42.5 Å². The summed E-state index contributed by atoms with van der Waals surface area (Å²) in [5.74, 6) is 0.311. The van der Waals surface area contributed by atoms with Crippen molar-refractivity contribution in [2.45, 2.75) is 57.0 Å². The Kier molecular flexibility index (Phi) is 7.12. The number of nitrogens with zero attached hydrogens (tertiary/aromatic N) is 1. The summed E-state index contributed by atoms with van der Waals surface area (Å²) in [5, 5.41) is 6.08. The van der Waals surface area contributed by atoms with Gasteiger partial charge in [-0.2, -0.15) is 0 Å². The Morgan fingerprint density at radius 3 is 2.66 bits per heavy atom. The van der Waals surface area contributed by atoms with Crippen LogP contribution in [0.2, 0.25) is 0 Å². The molecule has 3 amide bonds. The molecule has 7 heteroatoms. The van der Waals surface area contributed by atoms with Gasteiger partial charge in [-0.25, -0.2) is 0 Å². The summed E-state index contributed by atoms with van der Waals surface area (Å²) < 4.78 is 5.21. The fourth-order valence-corrected chi connectivity index (χ4v) is 3.74. The molecule has 2 N–H and O–H groups in total. The zero-order valence-electron chi connectivity index (χ0n) is 17.3. The maximum atomic E-state index is 12.5. The number of methoxy groups -OCH3 is 1. The molecule has 0 unspecified atom stereocenters. The molecule has 0 aromatic heterocycles. The minimum absolute atomic E-state index is 0.00485. The van der Waals surface area contributed by atoms with Gasteiger partial charge in [0.05, 0.1) is 13.5 Å². The molecule has 0 spiro atoms. The van der Waals surface area contributed by atoms with Crippen molar-refractivity contribution in [1.82, 2.24) is 15.5 Å². The topological polar surface area (TPSA) is 87.7 Å². The molecule has 29 heavy (non-hydrogen) atoms. The second-order valence-corrected chi connectivity index (χ2v) is 8.18. The zero-order chi connectivity index (χ0) is 20.8. The first kappa shape index (κ1) is 21.1. The molecule has 1 saturated carbocycles. The van der Waals surface area contributed by atoms with Crippen LogP contribution in [-0.2, 0) is 20.8 Å². The monoisotopic (exact) mass is 401 g/mol. The largest absolute Gasteiger partial charge is 0.497 e. The van der Waals surface area contributed by atoms with Gasteiger partial charge >= 0.3 is 0 Å². The van der Waals surface area contributed by atoms with Gasteiger partial charge in [-0.15, -0.1) is 0 Å². The third-order valence-corrected chi connectivity index (χ3v) is 5.60. The van der Waals surface area contributed by atoms with E-state index in [1.165, 1.54) is 0 Å². The molecular weight excluding hydrogens is 370 g/mol. The van der Waals surface area contributed by atoms with Crippen LogP contribution in [-0.4, -0.2) is 55.4 Å². The molecule has 2 aliphatic rings. The lowest BCUT2D eigenvalue weighted by molar-refractivity contribution is -0.135. The minimum atomic E-state index is -0.281. The van der Waals surface area contributed by atoms with Gasteiger partial charge in [0.2, 0.25) is 17.7 Å². The van der Waals surface area contributed by atoms with Crippen LogP contribution in [0, 0.1) is 5.92 Å². The standard InChI is InChI=1S/C22H31N3O4/c1-25-14-18(23-20(26)12-15-5-3-8-19(11-15)29-2)7-4-6-16(13-21(25)27)22(28)24-17-9-10-17/h3,5,8,11,16-18H,4,6-7,9-10,12-14H2,1-2H3,(H,23,26)(H,24,28)/t16-,18-/m1/s1. The van der Waals surface area contributed by atoms with Gasteiger partial charge in [0.15, 0.2) is 0 Å². The summed E-state index contributed by atoms with van der Waals surface area (Å²) in [4.78, 5) is 39.2. The van der Waals surface area contributed by atoms with E-state index in [1.54, 1.807) is 19.1 Å². The van der Waals surface area contributed by atoms with E-state index in [0.29, 0.717) is 19.0 Å². The first-order valence-corrected chi connectivity index (χ1v) is 10.4. The zero-order valence-corrected chi connectivity index (χ0v) is 17.3. The van der Waals surface area contributed by atoms with Gasteiger partial charge in [0, 0.05) is 38.0 Å². The van der Waals surface area contributed by atoms with Crippen LogP contribution in [0.25, 0.3) is 0 Å². The lowest BCUT2D eigenvalue weighted by Crippen LogP contribution is -2.44. The Bertz CT molecular complexity index is 747. The minimum Gasteiger partial charge on any atom is -0.497 e. The Hall–Kier alpha value is -2.57. The van der Waals surface area contributed by atoms with Crippen molar-refractivity contribution in [3.63, 3.8) is 0 Å². The van der Waals surface area contributed by atoms with Crippen LogP contribution in [0.1, 0.15) is 44.1 Å². The van der Waals surface area contributed by atoms with E-state index in [2.05, 4.69) is 10.6 Å². The fourth-order valence-electron chi connectivity index (χ4n) is 3.74. The highest BCUT2D eigenvalue weighted by molar-refractivity contribution is 5.86. The molecule has 1 aliphatic heterocycles. The molecule has 1 aromatic carbocycles. The maximum absolute atomic E-state index is 12.5. The van der Waals surface area contributed by atoms with Crippen molar-refractivity contribution in [2.75, 3.05) is 20.7 Å². The molecule has 2 fully saturated rings. The summed E-state index contributed by atoms with van der Waals surface area (Å²) in [7, 11) is 3.34. The molecular formula is C22H31N3O4. The van der Waals surface area contributed by atoms with E-state index in [0.717, 1.165) is 37.0 Å². The maximum Gasteiger partial charge on any atom is 0.224 e. The van der Waals surface area contributed by atoms with Crippen LogP contribution in [0.3, 0.4) is 0 Å². The number of nitrogens with one attached hydrogen (secondary N) is 2. The summed E-state index contributed by atoms with van der Waals surface area (Å²) in [6, 6.07) is 7.63. The van der Waals surface area contributed by atoms with Crippen LogP contribution in [0.15, 0.2) is 24.3 Å². The van der Waals surface area contributed by atoms with Gasteiger partial charge in [-0.1, -0.05) is 18.6 Å². The van der Waals surface area contributed by atoms with E-state index in [1.807, 2.05) is 24.3 Å². The third kappa shape index (κ3) is 6.48. The summed E-state index contributed by atoms with van der Waals surface area (Å²) in [5.41, 5.74) is 0.881. The Labute approximate surface area is 172 Å². The summed E-state index contributed by atoms with van der Waals surface area (Å²) in [6.07, 6.45) is 4.78. The number of carbonyl (C=O) groups is 3. The Balaban J connectivity index is 1.56. The number of benzene rings is 1. The number of hydrogen-bond donors (Lipinski definition) is 2. The van der Waals surface area contributed by atoms with Gasteiger partial charge in [-0.3, -0.25) is 14.4 Å². The van der Waals surface area contributed by atoms with Crippen LogP contribution in [0.5, 0.6) is 5.75 Å². The second kappa shape index (κ2) is 9.76. The lowest BCUT2D eigenvalue weighted by atomic mass is 9.96. The molecule has 1 heterocycles. The van der Waals surface area contributed by atoms with E-state index in [4.69, 9.17) is 4.74 Å². The van der Waals surface area contributed by atoms with E-state index >= 15 is 0 Å². The van der Waals surface area contributed by atoms with Gasteiger partial charge in [-0.05, 0) is 43.4 Å². The highest BCUT2D eigenvalue weighted by Gasteiger charge is 2.31. The average Bonchev–Trinajstić information content (AvgIpc) is 3.49. The molecule has 0 bridgehead atoms. The van der Waals surface area contributed by atoms with Crippen molar-refractivity contribution in [1.29, 1.82) is 0 Å². The fraction of sp³-hybridized carbons (Fsp3) is 0.591. The predicted molar refractivity (Wildman–Crippen MR) is 109 cm³/mol. The normalized spacial score (nSPS) is 22.8. The summed E-state index contributed by atoms with van der Waals surface area (Å²) in [6.45, 7) is 0.458. The van der Waals surface area contributed by atoms with Gasteiger partial charge in [0.1, 0.15) is 5.75 Å². The highest BCUT2D eigenvalue weighted by atomic mass is 16.5. The Morgan fingerprint density at radius 2 is 1.93 bits per heavy atom. The van der Waals surface area contributed by atoms with E-state index in [9.17, 15) is 14.4 Å². The summed E-state index contributed by atoms with van der Waals surface area (Å²) >= 11 is 0. The van der Waals surface area contributed by atoms with Crippen LogP contribution in [0.4, 0.5) is 0 Å². The van der Waals surface area contributed by atoms with Crippen LogP contribution >= 0.6 is 0 Å². The van der Waals surface area contributed by atoms with Gasteiger partial charge < -0.3 is 20.3 Å². The van der Waals surface area contributed by atoms with Crippen molar-refractivity contribution >= 4 is 17.7 Å². The number of ether oxygens (including phenoxy) is 1. The molecule has 3 rings (SSSR count). The average molecular weight is 402 g/mol. The molecule has 1 aromatic rings. The predicted octanol–water partition coefficient (Wildman–Crippen LogP) is 1.65. The first-order chi connectivity index (χ1) is 13.9. The quantitative estimate of drug-likeness (QED) is 0.759. The molecule has 2 atom stereocenters. The number of hydrogen-bond acceptors (Lipinski definition) is 4. The SMILES string of the molecule is COc1cccc(CC(=O)N[C@@H]2CCC[C@@H](C(=O)NC3CC3)CC(=O)N(C)C2)c1. The van der Waals surface area contributed by atoms with Crippen molar-refractivity contribution in [3.8, 4) is 5.75 Å². The molecule has 1 aliphatic carbocycles. The van der Waals surface area contributed by atoms with Gasteiger partial charge in [0.25, 0.3) is 0 Å². The molecule has 158 valence electrons. The highest BCUT2D eigenvalue weighted by Crippen LogP contribution is 2.23. The number of rotatable bonds is 6. The van der Waals surface area contributed by atoms with Crippen LogP contribution < -0.4 is 15.4 Å². The van der Waals surface area contributed by atoms with Crippen molar-refractivity contribution in [2.24, 2.45) is 5.92 Å². The number of likely N-dealkylation sites (N-methyl/N-ethyl adjacent to an activating group) is 1. The first-order valence-electron chi connectivity index (χ1n) is 10.4. The van der Waals surface area contributed by atoms with E-state index < -0.39 is 0 Å². The lowest BCUT2D eigenvalue weighted by Gasteiger charge is -2.24. The number of carbonyl (C=O) groups excluding carboxylic acids is 3.